The van der Waals surface area contributed by atoms with Crippen LogP contribution in [0.15, 0.2) is 24.3 Å². The maximum Gasteiger partial charge on any atom is 0.222 e. The molecule has 4 nitrogen and oxygen atoms in total. The van der Waals surface area contributed by atoms with Crippen molar-refractivity contribution in [3.05, 3.63) is 29.8 Å². The van der Waals surface area contributed by atoms with Crippen molar-refractivity contribution in [2.24, 2.45) is 0 Å². The zero-order valence-corrected chi connectivity index (χ0v) is 9.41. The Labute approximate surface area is 88.7 Å². The van der Waals surface area contributed by atoms with E-state index in [2.05, 4.69) is 5.32 Å². The van der Waals surface area contributed by atoms with Gasteiger partial charge in [0.15, 0.2) is 0 Å². The van der Waals surface area contributed by atoms with E-state index in [4.69, 9.17) is 4.74 Å². The maximum absolute atomic E-state index is 11.8. The highest BCUT2D eigenvalue weighted by atomic mass is 31.2. The van der Waals surface area contributed by atoms with Gasteiger partial charge in [-0.15, -0.1) is 0 Å². The molecule has 1 aromatic carbocycles. The van der Waals surface area contributed by atoms with Crippen molar-refractivity contribution in [3.8, 4) is 5.75 Å². The molecule has 2 rings (SSSR count). The molecule has 2 N–H and O–H groups in total. The van der Waals surface area contributed by atoms with Gasteiger partial charge in [-0.25, -0.2) is 0 Å². The number of hydrogen-bond acceptors (Lipinski definition) is 3. The summed E-state index contributed by atoms with van der Waals surface area (Å²) in [4.78, 5) is 9.70. The summed E-state index contributed by atoms with van der Waals surface area (Å²) in [6.45, 7) is 0.602. The molecule has 1 fully saturated rings. The quantitative estimate of drug-likeness (QED) is 0.753. The molecular weight excluding hydrogens is 213 g/mol. The van der Waals surface area contributed by atoms with Gasteiger partial charge in [-0.1, -0.05) is 12.1 Å². The molecule has 2 unspecified atom stereocenters. The maximum atomic E-state index is 11.8. The third kappa shape index (κ3) is 2.07. The van der Waals surface area contributed by atoms with Crippen LogP contribution in [-0.2, 0) is 4.57 Å². The molecule has 0 radical (unpaired) electrons. The fourth-order valence-electron chi connectivity index (χ4n) is 1.77. The molecule has 0 aromatic heterocycles. The monoisotopic (exact) mass is 227 g/mol. The van der Waals surface area contributed by atoms with Crippen molar-refractivity contribution in [2.45, 2.75) is 5.78 Å². The second-order valence-corrected chi connectivity index (χ2v) is 6.08. The van der Waals surface area contributed by atoms with Gasteiger partial charge in [-0.05, 0) is 17.7 Å². The summed E-state index contributed by atoms with van der Waals surface area (Å²) < 4.78 is 16.8. The highest BCUT2D eigenvalue weighted by molar-refractivity contribution is 7.58. The Morgan fingerprint density at radius 1 is 1.47 bits per heavy atom. The first-order chi connectivity index (χ1) is 7.13. The van der Waals surface area contributed by atoms with E-state index in [0.717, 1.165) is 11.3 Å². The first-order valence-corrected chi connectivity index (χ1v) is 6.74. The van der Waals surface area contributed by atoms with Crippen molar-refractivity contribution in [2.75, 3.05) is 19.8 Å². The summed E-state index contributed by atoms with van der Waals surface area (Å²) in [7, 11) is -1.45. The predicted molar refractivity (Wildman–Crippen MR) is 58.4 cm³/mol. The zero-order chi connectivity index (χ0) is 10.9. The van der Waals surface area contributed by atoms with Crippen LogP contribution in [0, 0.1) is 0 Å². The van der Waals surface area contributed by atoms with E-state index in [1.165, 1.54) is 0 Å². The molecule has 1 aliphatic heterocycles. The molecule has 1 saturated heterocycles. The van der Waals surface area contributed by atoms with Crippen molar-refractivity contribution >= 4 is 7.37 Å². The van der Waals surface area contributed by atoms with Crippen LogP contribution in [-0.4, -0.2) is 24.7 Å². The lowest BCUT2D eigenvalue weighted by Gasteiger charge is -2.15. The number of nitrogens with one attached hydrogen (secondary N) is 1. The molecule has 0 amide bonds. The first-order valence-electron chi connectivity index (χ1n) is 4.82. The average Bonchev–Trinajstić information content (AvgIpc) is 2.58. The van der Waals surface area contributed by atoms with Gasteiger partial charge in [-0.2, -0.15) is 0 Å². The topological polar surface area (TPSA) is 58.6 Å². The Balaban J connectivity index is 2.26. The van der Waals surface area contributed by atoms with Crippen LogP contribution in [0.2, 0.25) is 0 Å². The molecule has 82 valence electrons. The van der Waals surface area contributed by atoms with Gasteiger partial charge in [0.1, 0.15) is 11.5 Å². The molecule has 1 aromatic rings. The molecule has 0 bridgehead atoms. The molecule has 5 heteroatoms. The highest BCUT2D eigenvalue weighted by Gasteiger charge is 2.36. The molecule has 0 spiro atoms. The summed E-state index contributed by atoms with van der Waals surface area (Å²) in [6, 6.07) is 7.25. The lowest BCUT2D eigenvalue weighted by molar-refractivity contribution is 0.414. The largest absolute Gasteiger partial charge is 0.497 e. The van der Waals surface area contributed by atoms with E-state index in [1.54, 1.807) is 19.2 Å². The molecule has 2 atom stereocenters. The minimum atomic E-state index is -3.05. The summed E-state index contributed by atoms with van der Waals surface area (Å²) in [5.41, 5.74) is 0.846. The summed E-state index contributed by atoms with van der Waals surface area (Å²) in [5, 5.41) is 3.05. The van der Waals surface area contributed by atoms with E-state index in [1.807, 2.05) is 12.1 Å². The van der Waals surface area contributed by atoms with Crippen LogP contribution >= 0.6 is 7.37 Å². The molecule has 1 heterocycles. The minimum Gasteiger partial charge on any atom is -0.497 e. The van der Waals surface area contributed by atoms with Crippen LogP contribution < -0.4 is 10.1 Å². The molecule has 15 heavy (non-hydrogen) atoms. The Bertz CT molecular complexity index is 390. The number of ether oxygens (including phenoxy) is 1. The number of methoxy groups -OCH3 is 1. The van der Waals surface area contributed by atoms with Crippen molar-refractivity contribution in [3.63, 3.8) is 0 Å². The Kier molecular flexibility index (Phi) is 2.83. The standard InChI is InChI=1S/C10H14NO3P/c1-14-9-4-2-8(3-5-9)10-11-6-7-15(10,12)13/h2-5,10-11H,6-7H2,1H3,(H,12,13). The van der Waals surface area contributed by atoms with E-state index in [0.29, 0.717) is 12.7 Å². The predicted octanol–water partition coefficient (Wildman–Crippen LogP) is 1.57. The van der Waals surface area contributed by atoms with Crippen molar-refractivity contribution in [1.29, 1.82) is 0 Å². The van der Waals surface area contributed by atoms with Gasteiger partial charge in [0.05, 0.1) is 7.11 Å². The summed E-state index contributed by atoms with van der Waals surface area (Å²) >= 11 is 0. The second kappa shape index (κ2) is 3.97. The SMILES string of the molecule is COc1ccc(C2NCCP2(=O)O)cc1. The third-order valence-corrected chi connectivity index (χ3v) is 4.76. The lowest BCUT2D eigenvalue weighted by atomic mass is 10.2. The number of benzene rings is 1. The Morgan fingerprint density at radius 2 is 2.13 bits per heavy atom. The Hall–Kier alpha value is -0.830. The fourth-order valence-corrected chi connectivity index (χ4v) is 3.53. The normalized spacial score (nSPS) is 30.4. The van der Waals surface area contributed by atoms with E-state index in [9.17, 15) is 9.46 Å². The minimum absolute atomic E-state index is 0.351. The number of hydrogen-bond donors (Lipinski definition) is 2. The average molecular weight is 227 g/mol. The van der Waals surface area contributed by atoms with Crippen LogP contribution in [0.1, 0.15) is 11.3 Å². The van der Waals surface area contributed by atoms with Gasteiger partial charge in [0, 0.05) is 12.7 Å². The summed E-state index contributed by atoms with van der Waals surface area (Å²) in [5.74, 6) is 0.341. The van der Waals surface area contributed by atoms with Gasteiger partial charge < -0.3 is 14.9 Å². The molecule has 0 aliphatic carbocycles. The van der Waals surface area contributed by atoms with Crippen LogP contribution in [0.5, 0.6) is 5.75 Å². The number of rotatable bonds is 2. The smallest absolute Gasteiger partial charge is 0.222 e. The zero-order valence-electron chi connectivity index (χ0n) is 8.51. The fraction of sp³-hybridized carbons (Fsp3) is 0.400. The van der Waals surface area contributed by atoms with E-state index < -0.39 is 13.2 Å². The van der Waals surface area contributed by atoms with E-state index in [-0.39, 0.29) is 0 Å². The first kappa shape index (κ1) is 10.7. The van der Waals surface area contributed by atoms with Crippen LogP contribution in [0.4, 0.5) is 0 Å². The van der Waals surface area contributed by atoms with Gasteiger partial charge in [0.2, 0.25) is 7.37 Å². The van der Waals surface area contributed by atoms with Crippen molar-refractivity contribution in [1.82, 2.24) is 5.32 Å². The van der Waals surface area contributed by atoms with Crippen molar-refractivity contribution < 1.29 is 14.2 Å². The Morgan fingerprint density at radius 3 is 2.60 bits per heavy atom. The molecule has 0 saturated carbocycles. The summed E-state index contributed by atoms with van der Waals surface area (Å²) in [6.07, 6.45) is 0.351. The van der Waals surface area contributed by atoms with Crippen LogP contribution in [0.25, 0.3) is 0 Å². The third-order valence-electron chi connectivity index (χ3n) is 2.60. The van der Waals surface area contributed by atoms with Gasteiger partial charge in [0.25, 0.3) is 0 Å². The highest BCUT2D eigenvalue weighted by Crippen LogP contribution is 2.56. The second-order valence-electron chi connectivity index (χ2n) is 3.61. The lowest BCUT2D eigenvalue weighted by Crippen LogP contribution is -2.12. The molecular formula is C10H14NO3P. The van der Waals surface area contributed by atoms with Crippen LogP contribution in [0.3, 0.4) is 0 Å². The van der Waals surface area contributed by atoms with Gasteiger partial charge >= 0.3 is 0 Å². The van der Waals surface area contributed by atoms with E-state index >= 15 is 0 Å². The van der Waals surface area contributed by atoms with Gasteiger partial charge in [-0.3, -0.25) is 4.57 Å². The molecule has 1 aliphatic rings.